The van der Waals surface area contributed by atoms with Crippen LogP contribution in [0.3, 0.4) is 0 Å². The molecule has 0 unspecified atom stereocenters. The average molecular weight is 230 g/mol. The number of carbonyl (C=O) groups is 1. The van der Waals surface area contributed by atoms with Crippen LogP contribution in [0.4, 0.5) is 0 Å². The number of carboxylic acids is 1. The number of methoxy groups -OCH3 is 1. The van der Waals surface area contributed by atoms with Gasteiger partial charge < -0.3 is 19.9 Å². The maximum atomic E-state index is 10.8. The highest BCUT2D eigenvalue weighted by Gasteiger charge is 2.22. The molecule has 5 nitrogen and oxygen atoms in total. The zero-order valence-electron chi connectivity index (χ0n) is 7.77. The van der Waals surface area contributed by atoms with E-state index in [0.29, 0.717) is 0 Å². The lowest BCUT2D eigenvalue weighted by molar-refractivity contribution is 0.0697. The Balaban J connectivity index is 3.40. The zero-order chi connectivity index (χ0) is 11.6. The molecule has 0 radical (unpaired) electrons. The van der Waals surface area contributed by atoms with Crippen molar-refractivity contribution in [2.75, 3.05) is 7.11 Å². The van der Waals surface area contributed by atoms with Gasteiger partial charge in [0.25, 0.3) is 0 Å². The predicted octanol–water partition coefficient (Wildman–Crippen LogP) is -0.273. The fraction of sp³-hybridized carbons (Fsp3) is 0.125. The minimum atomic E-state index is -1.84. The Morgan fingerprint density at radius 1 is 1.47 bits per heavy atom. The molecule has 0 saturated carbocycles. The molecule has 3 N–H and O–H groups in total. The van der Waals surface area contributed by atoms with Crippen LogP contribution in [0, 0.1) is 0 Å². The van der Waals surface area contributed by atoms with Gasteiger partial charge in [-0.25, -0.2) is 4.79 Å². The van der Waals surface area contributed by atoms with E-state index in [-0.39, 0.29) is 21.8 Å². The number of hydrogen-bond donors (Lipinski definition) is 3. The van der Waals surface area contributed by atoms with Crippen LogP contribution in [0.15, 0.2) is 12.1 Å². The summed E-state index contributed by atoms with van der Waals surface area (Å²) in [5.74, 6) is -1.07. The van der Waals surface area contributed by atoms with Crippen molar-refractivity contribution < 1.29 is 24.7 Å². The summed E-state index contributed by atoms with van der Waals surface area (Å²) < 4.78 is 4.81. The Hall–Kier alpha value is -1.24. The lowest BCUT2D eigenvalue weighted by atomic mass is 9.79. The minimum absolute atomic E-state index is 0.103. The molecule has 15 heavy (non-hydrogen) atoms. The van der Waals surface area contributed by atoms with E-state index in [2.05, 4.69) is 0 Å². The Bertz CT molecular complexity index is 393. The maximum absolute atomic E-state index is 10.8. The standard InChI is InChI=1S/C8H8BClO5/c1-15-4-2-5(8(11)12)7(10)6(3-4)9(13)14/h2-3,13-14H,1H3,(H,11,12). The van der Waals surface area contributed by atoms with Gasteiger partial charge in [-0.05, 0) is 12.1 Å². The Labute approximate surface area is 91.0 Å². The van der Waals surface area contributed by atoms with Gasteiger partial charge in [0.15, 0.2) is 0 Å². The number of carboxylic acid groups (broad SMARTS) is 1. The van der Waals surface area contributed by atoms with E-state index in [4.69, 9.17) is 31.5 Å². The van der Waals surface area contributed by atoms with E-state index in [0.717, 1.165) is 0 Å². The minimum Gasteiger partial charge on any atom is -0.497 e. The highest BCUT2D eigenvalue weighted by molar-refractivity contribution is 6.63. The van der Waals surface area contributed by atoms with Crippen LogP contribution in [-0.2, 0) is 0 Å². The van der Waals surface area contributed by atoms with Crippen molar-refractivity contribution in [1.82, 2.24) is 0 Å². The predicted molar refractivity (Wildman–Crippen MR) is 54.8 cm³/mol. The Kier molecular flexibility index (Phi) is 3.57. The summed E-state index contributed by atoms with van der Waals surface area (Å²) in [6.45, 7) is 0. The molecule has 0 spiro atoms. The summed E-state index contributed by atoms with van der Waals surface area (Å²) in [6.07, 6.45) is 0. The topological polar surface area (TPSA) is 87.0 Å². The third kappa shape index (κ3) is 2.41. The molecule has 0 bridgehead atoms. The van der Waals surface area contributed by atoms with Crippen molar-refractivity contribution in [1.29, 1.82) is 0 Å². The monoisotopic (exact) mass is 230 g/mol. The van der Waals surface area contributed by atoms with Gasteiger partial charge in [-0.15, -0.1) is 0 Å². The van der Waals surface area contributed by atoms with Crippen molar-refractivity contribution in [3.63, 3.8) is 0 Å². The second-order valence-corrected chi connectivity index (χ2v) is 3.13. The molecule has 0 aliphatic carbocycles. The second kappa shape index (κ2) is 4.52. The van der Waals surface area contributed by atoms with Crippen molar-refractivity contribution >= 4 is 30.2 Å². The van der Waals surface area contributed by atoms with E-state index in [1.807, 2.05) is 0 Å². The first-order chi connectivity index (χ1) is 6.97. The van der Waals surface area contributed by atoms with E-state index >= 15 is 0 Å². The average Bonchev–Trinajstić information content (AvgIpc) is 2.17. The van der Waals surface area contributed by atoms with Gasteiger partial charge >= 0.3 is 13.1 Å². The number of rotatable bonds is 3. The van der Waals surface area contributed by atoms with Crippen LogP contribution in [0.5, 0.6) is 5.75 Å². The molecule has 0 aliphatic heterocycles. The van der Waals surface area contributed by atoms with E-state index in [1.54, 1.807) is 0 Å². The van der Waals surface area contributed by atoms with E-state index in [1.165, 1.54) is 19.2 Å². The van der Waals surface area contributed by atoms with Crippen LogP contribution in [0.2, 0.25) is 5.02 Å². The SMILES string of the molecule is COc1cc(B(O)O)c(Cl)c(C(=O)O)c1. The Morgan fingerprint density at radius 2 is 2.07 bits per heavy atom. The number of ether oxygens (including phenoxy) is 1. The first-order valence-corrected chi connectivity index (χ1v) is 4.32. The van der Waals surface area contributed by atoms with Crippen molar-refractivity contribution in [2.45, 2.75) is 0 Å². The number of hydrogen-bond acceptors (Lipinski definition) is 4. The molecule has 7 heteroatoms. The first-order valence-electron chi connectivity index (χ1n) is 3.94. The molecule has 0 saturated heterocycles. The highest BCUT2D eigenvalue weighted by Crippen LogP contribution is 2.20. The van der Waals surface area contributed by atoms with Gasteiger partial charge in [0.1, 0.15) is 5.75 Å². The quantitative estimate of drug-likeness (QED) is 0.622. The largest absolute Gasteiger partial charge is 0.497 e. The molecule has 1 rings (SSSR count). The summed E-state index contributed by atoms with van der Waals surface area (Å²) >= 11 is 5.67. The molecule has 0 fully saturated rings. The fourth-order valence-electron chi connectivity index (χ4n) is 1.08. The van der Waals surface area contributed by atoms with Crippen molar-refractivity contribution in [3.8, 4) is 5.75 Å². The molecule has 0 heterocycles. The third-order valence-corrected chi connectivity index (χ3v) is 2.24. The molecule has 0 aliphatic rings. The molecule has 0 aromatic heterocycles. The van der Waals surface area contributed by atoms with Gasteiger partial charge in [0, 0.05) is 5.46 Å². The van der Waals surface area contributed by atoms with Gasteiger partial charge in [-0.1, -0.05) is 11.6 Å². The number of aromatic carboxylic acids is 1. The van der Waals surface area contributed by atoms with Crippen LogP contribution in [0.25, 0.3) is 0 Å². The van der Waals surface area contributed by atoms with Crippen molar-refractivity contribution in [3.05, 3.63) is 22.7 Å². The summed E-state index contributed by atoms with van der Waals surface area (Å²) in [5, 5.41) is 26.5. The molecular weight excluding hydrogens is 222 g/mol. The van der Waals surface area contributed by atoms with Crippen molar-refractivity contribution in [2.24, 2.45) is 0 Å². The molecular formula is C8H8BClO5. The maximum Gasteiger partial charge on any atom is 0.490 e. The first kappa shape index (κ1) is 11.8. The van der Waals surface area contributed by atoms with E-state index in [9.17, 15) is 4.79 Å². The summed E-state index contributed by atoms with van der Waals surface area (Å²) in [4.78, 5) is 10.8. The molecule has 80 valence electrons. The Morgan fingerprint density at radius 3 is 2.47 bits per heavy atom. The molecule has 0 amide bonds. The zero-order valence-corrected chi connectivity index (χ0v) is 8.52. The summed E-state index contributed by atoms with van der Waals surface area (Å²) in [6, 6.07) is 2.47. The lowest BCUT2D eigenvalue weighted by Gasteiger charge is -2.09. The normalized spacial score (nSPS) is 9.87. The number of halogens is 1. The third-order valence-electron chi connectivity index (χ3n) is 1.82. The van der Waals surface area contributed by atoms with E-state index < -0.39 is 13.1 Å². The summed E-state index contributed by atoms with van der Waals surface area (Å²) in [5.41, 5.74) is -0.340. The van der Waals surface area contributed by atoms with Gasteiger partial charge in [0.2, 0.25) is 0 Å². The second-order valence-electron chi connectivity index (χ2n) is 2.76. The van der Waals surface area contributed by atoms with Crippen LogP contribution in [0.1, 0.15) is 10.4 Å². The van der Waals surface area contributed by atoms with Crippen LogP contribution >= 0.6 is 11.6 Å². The van der Waals surface area contributed by atoms with Crippen LogP contribution in [-0.4, -0.2) is 35.4 Å². The lowest BCUT2D eigenvalue weighted by Crippen LogP contribution is -2.32. The van der Waals surface area contributed by atoms with Crippen LogP contribution < -0.4 is 10.2 Å². The molecule has 1 aromatic carbocycles. The molecule has 0 atom stereocenters. The number of benzene rings is 1. The smallest absolute Gasteiger partial charge is 0.490 e. The fourth-order valence-corrected chi connectivity index (χ4v) is 1.37. The highest BCUT2D eigenvalue weighted by atomic mass is 35.5. The summed E-state index contributed by atoms with van der Waals surface area (Å²) in [7, 11) is -0.506. The van der Waals surface area contributed by atoms with Gasteiger partial charge in [-0.3, -0.25) is 0 Å². The molecule has 1 aromatic rings. The van der Waals surface area contributed by atoms with Gasteiger partial charge in [-0.2, -0.15) is 0 Å². The van der Waals surface area contributed by atoms with Gasteiger partial charge in [0.05, 0.1) is 17.7 Å².